The predicted octanol–water partition coefficient (Wildman–Crippen LogP) is 10.7. The van der Waals surface area contributed by atoms with Crippen LogP contribution in [0.1, 0.15) is 121 Å². The first-order valence-corrected chi connectivity index (χ1v) is 25.2. The quantitative estimate of drug-likeness (QED) is 0.183. The summed E-state index contributed by atoms with van der Waals surface area (Å²) in [7, 11) is -4.01. The van der Waals surface area contributed by atoms with Gasteiger partial charge in [-0.1, -0.05) is 85.6 Å². The minimum Gasteiger partial charge on any atom is -0.414 e. The Hall–Kier alpha value is -0.186. The van der Waals surface area contributed by atoms with E-state index < -0.39 is 22.2 Å². The van der Waals surface area contributed by atoms with Crippen molar-refractivity contribution in [1.29, 1.82) is 0 Å². The second-order valence-corrected chi connectivity index (χ2v) is 30.7. The Bertz CT molecular complexity index is 1200. The summed E-state index contributed by atoms with van der Waals surface area (Å²) in [6, 6.07) is 0. The van der Waals surface area contributed by atoms with Gasteiger partial charge in [0.25, 0.3) is 0 Å². The van der Waals surface area contributed by atoms with Gasteiger partial charge in [-0.2, -0.15) is 11.8 Å². The maximum atomic E-state index is 13.9. The third-order valence-electron chi connectivity index (χ3n) is 13.8. The van der Waals surface area contributed by atoms with Gasteiger partial charge in [0.15, 0.2) is 16.6 Å². The molecule has 3 unspecified atom stereocenters. The molecule has 46 heavy (non-hydrogen) atoms. The van der Waals surface area contributed by atoms with Crippen LogP contribution in [0.25, 0.3) is 0 Å². The lowest BCUT2D eigenvalue weighted by Gasteiger charge is -2.59. The summed E-state index contributed by atoms with van der Waals surface area (Å²) in [5.74, 6) is 2.29. The first kappa shape index (κ1) is 38.6. The highest BCUT2D eigenvalue weighted by atomic mass is 32.2. The van der Waals surface area contributed by atoms with Crippen LogP contribution in [-0.4, -0.2) is 56.3 Å². The minimum absolute atomic E-state index is 0.00220. The molecule has 0 radical (unpaired) electrons. The number of aliphatic hydroxyl groups is 1. The molecular weight excluding hydrogens is 621 g/mol. The molecule has 1 N–H and O–H groups in total. The average Bonchev–Trinajstić information content (AvgIpc) is 3.15. The highest BCUT2D eigenvalue weighted by molar-refractivity contribution is 7.99. The summed E-state index contributed by atoms with van der Waals surface area (Å²) in [5, 5.41) is 10.8. The second-order valence-electron chi connectivity index (χ2n) is 19.7. The SMILES string of the molecule is CC(SCCCC(C)(C)O)[C@H]1C(=O)C[C@H]2C3=CC=C4CC(O[Si](C)(C)C(C)(C)C)CC(O[Si](C)(C)C(C)(C)C)[C@]4(C)[C@H]3CC[C@]12C. The molecule has 4 rings (SSSR count). The smallest absolute Gasteiger partial charge is 0.192 e. The fraction of sp³-hybridized carbons (Fsp3) is 0.872. The van der Waals surface area contributed by atoms with Crippen LogP contribution in [0.4, 0.5) is 0 Å². The first-order valence-electron chi connectivity index (χ1n) is 18.4. The van der Waals surface area contributed by atoms with E-state index in [1.807, 2.05) is 25.6 Å². The van der Waals surface area contributed by atoms with Gasteiger partial charge in [0.1, 0.15) is 5.78 Å². The van der Waals surface area contributed by atoms with Gasteiger partial charge in [0.05, 0.1) is 17.8 Å². The molecule has 4 aliphatic carbocycles. The van der Waals surface area contributed by atoms with Crippen LogP contribution in [0.15, 0.2) is 23.3 Å². The van der Waals surface area contributed by atoms with E-state index >= 15 is 0 Å². The molecule has 0 aliphatic heterocycles. The molecule has 0 bridgehead atoms. The predicted molar refractivity (Wildman–Crippen MR) is 203 cm³/mol. The Morgan fingerprint density at radius 3 is 2.09 bits per heavy atom. The van der Waals surface area contributed by atoms with E-state index in [2.05, 4.69) is 101 Å². The van der Waals surface area contributed by atoms with Crippen molar-refractivity contribution < 1.29 is 18.8 Å². The molecule has 0 saturated heterocycles. The normalized spacial score (nSPS) is 34.8. The van der Waals surface area contributed by atoms with Crippen LogP contribution in [-0.2, 0) is 13.6 Å². The van der Waals surface area contributed by atoms with Gasteiger partial charge in [-0.25, -0.2) is 0 Å². The van der Waals surface area contributed by atoms with Gasteiger partial charge < -0.3 is 14.0 Å². The molecule has 3 fully saturated rings. The summed E-state index contributed by atoms with van der Waals surface area (Å²) >= 11 is 1.95. The lowest BCUT2D eigenvalue weighted by atomic mass is 9.49. The van der Waals surface area contributed by atoms with Crippen molar-refractivity contribution in [3.05, 3.63) is 23.3 Å². The van der Waals surface area contributed by atoms with Gasteiger partial charge in [-0.3, -0.25) is 4.79 Å². The van der Waals surface area contributed by atoms with Crippen molar-refractivity contribution >= 4 is 34.2 Å². The van der Waals surface area contributed by atoms with Crippen LogP contribution < -0.4 is 0 Å². The largest absolute Gasteiger partial charge is 0.414 e. The van der Waals surface area contributed by atoms with Crippen molar-refractivity contribution in [2.24, 2.45) is 28.6 Å². The first-order chi connectivity index (χ1) is 20.7. The van der Waals surface area contributed by atoms with E-state index in [0.29, 0.717) is 29.3 Å². The van der Waals surface area contributed by atoms with Crippen molar-refractivity contribution in [3.8, 4) is 0 Å². The molecule has 0 aromatic heterocycles. The van der Waals surface area contributed by atoms with E-state index in [1.165, 1.54) is 11.1 Å². The summed E-state index contributed by atoms with van der Waals surface area (Å²) in [6.45, 7) is 34.7. The molecule has 4 nitrogen and oxygen atoms in total. The van der Waals surface area contributed by atoms with E-state index in [1.54, 1.807) is 0 Å². The third kappa shape index (κ3) is 7.31. The van der Waals surface area contributed by atoms with Gasteiger partial charge in [-0.15, -0.1) is 0 Å². The zero-order chi connectivity index (χ0) is 34.9. The van der Waals surface area contributed by atoms with Gasteiger partial charge in [0, 0.05) is 23.0 Å². The Labute approximate surface area is 290 Å². The molecule has 0 heterocycles. The Balaban J connectivity index is 1.66. The van der Waals surface area contributed by atoms with Gasteiger partial charge >= 0.3 is 0 Å². The van der Waals surface area contributed by atoms with Crippen molar-refractivity contribution in [2.75, 3.05) is 5.75 Å². The molecule has 8 atom stereocenters. The van der Waals surface area contributed by atoms with Crippen LogP contribution in [0, 0.1) is 28.6 Å². The number of Topliss-reactive ketones (excluding diaryl/α,β-unsaturated/α-hetero) is 1. The molecule has 4 aliphatic rings. The molecule has 0 amide bonds. The summed E-state index contributed by atoms with van der Waals surface area (Å²) in [6.07, 6.45) is 11.8. The van der Waals surface area contributed by atoms with E-state index in [9.17, 15) is 9.90 Å². The molecule has 7 heteroatoms. The van der Waals surface area contributed by atoms with Crippen molar-refractivity contribution in [1.82, 2.24) is 0 Å². The summed E-state index contributed by atoms with van der Waals surface area (Å²) in [4.78, 5) is 13.9. The Kier molecular flexibility index (Phi) is 10.8. The zero-order valence-electron chi connectivity index (χ0n) is 32.4. The molecule has 264 valence electrons. The number of rotatable bonds is 10. The van der Waals surface area contributed by atoms with Crippen LogP contribution in [0.3, 0.4) is 0 Å². The van der Waals surface area contributed by atoms with E-state index in [4.69, 9.17) is 8.85 Å². The lowest BCUT2D eigenvalue weighted by molar-refractivity contribution is -0.122. The number of fused-ring (bicyclic) bond motifs is 5. The maximum absolute atomic E-state index is 13.9. The van der Waals surface area contributed by atoms with Crippen LogP contribution in [0.2, 0.25) is 36.3 Å². The number of carbonyl (C=O) groups is 1. The average molecular weight is 691 g/mol. The van der Waals surface area contributed by atoms with E-state index in [-0.39, 0.29) is 39.0 Å². The van der Waals surface area contributed by atoms with E-state index in [0.717, 1.165) is 44.3 Å². The molecule has 3 saturated carbocycles. The number of carbonyl (C=O) groups excluding carboxylic acids is 1. The second kappa shape index (κ2) is 12.9. The van der Waals surface area contributed by atoms with Crippen molar-refractivity contribution in [3.63, 3.8) is 0 Å². The van der Waals surface area contributed by atoms with Gasteiger partial charge in [-0.05, 0) is 112 Å². The number of hydrogen-bond acceptors (Lipinski definition) is 5. The number of thioether (sulfide) groups is 1. The van der Waals surface area contributed by atoms with Crippen LogP contribution in [0.5, 0.6) is 0 Å². The minimum atomic E-state index is -2.07. The highest BCUT2D eigenvalue weighted by Crippen LogP contribution is 2.66. The monoisotopic (exact) mass is 690 g/mol. The Morgan fingerprint density at radius 1 is 0.935 bits per heavy atom. The number of ketones is 1. The highest BCUT2D eigenvalue weighted by Gasteiger charge is 2.62. The maximum Gasteiger partial charge on any atom is 0.192 e. The van der Waals surface area contributed by atoms with Gasteiger partial charge in [0.2, 0.25) is 0 Å². The lowest BCUT2D eigenvalue weighted by Crippen LogP contribution is -2.58. The molecule has 0 aromatic rings. The third-order valence-corrected chi connectivity index (χ3v) is 24.2. The topological polar surface area (TPSA) is 55.8 Å². The molecular formula is C39H70O4SSi2. The number of hydrogen-bond donors (Lipinski definition) is 1. The van der Waals surface area contributed by atoms with Crippen LogP contribution >= 0.6 is 11.8 Å². The molecule has 0 aromatic carbocycles. The summed E-state index contributed by atoms with van der Waals surface area (Å²) in [5.41, 5.74) is 2.35. The molecule has 0 spiro atoms. The fourth-order valence-corrected chi connectivity index (χ4v) is 13.0. The standard InChI is InChI=1S/C39H70O4SSi2/c1-26(44-22-16-20-37(8,9)41)34-32(40)25-31-29-18-17-27-23-28(42-45(12,13)35(2,3)4)24-33(43-46(14,15)36(5,6)7)39(27,11)30(29)19-21-38(31,34)10/h17-18,26,28,30-31,33-34,41H,16,19-25H2,1-15H3/t26?,28?,30-,31-,33?,34-,38-,39-/m0/s1. The summed E-state index contributed by atoms with van der Waals surface area (Å²) < 4.78 is 14.7. The number of allylic oxidation sites excluding steroid dienone is 3. The Morgan fingerprint density at radius 2 is 1.52 bits per heavy atom. The zero-order valence-corrected chi connectivity index (χ0v) is 35.2. The van der Waals surface area contributed by atoms with Crippen molar-refractivity contribution in [2.45, 2.75) is 180 Å². The fourth-order valence-electron chi connectivity index (χ4n) is 8.90.